The molecule has 0 saturated carbocycles. The zero-order valence-corrected chi connectivity index (χ0v) is 15.2. The van der Waals surface area contributed by atoms with E-state index < -0.39 is 0 Å². The second-order valence-corrected chi connectivity index (χ2v) is 6.46. The van der Waals surface area contributed by atoms with Crippen LogP contribution in [-0.4, -0.2) is 60.0 Å². The fourth-order valence-corrected chi connectivity index (χ4v) is 3.26. The van der Waals surface area contributed by atoms with E-state index in [0.717, 1.165) is 55.4 Å². The van der Waals surface area contributed by atoms with E-state index in [1.807, 2.05) is 49.8 Å². The van der Waals surface area contributed by atoms with Crippen LogP contribution < -0.4 is 5.32 Å². The van der Waals surface area contributed by atoms with E-state index in [2.05, 4.69) is 15.3 Å². The highest BCUT2D eigenvalue weighted by Crippen LogP contribution is 2.27. The van der Waals surface area contributed by atoms with Crippen molar-refractivity contribution in [1.29, 1.82) is 0 Å². The molecule has 25 heavy (non-hydrogen) atoms. The molecule has 134 valence electrons. The van der Waals surface area contributed by atoms with Crippen molar-refractivity contribution in [3.63, 3.8) is 0 Å². The van der Waals surface area contributed by atoms with Gasteiger partial charge in [0.05, 0.1) is 18.9 Å². The van der Waals surface area contributed by atoms with Crippen molar-refractivity contribution >= 4 is 5.91 Å². The van der Waals surface area contributed by atoms with Gasteiger partial charge in [0.15, 0.2) is 0 Å². The molecule has 1 N–H and O–H groups in total. The summed E-state index contributed by atoms with van der Waals surface area (Å²) in [6.07, 6.45) is 0. The summed E-state index contributed by atoms with van der Waals surface area (Å²) in [5.41, 5.74) is 4.89. The summed E-state index contributed by atoms with van der Waals surface area (Å²) in [7, 11) is 1.94. The zero-order chi connectivity index (χ0) is 17.8. The number of amides is 1. The number of carbonyl (C=O) groups is 1. The average Bonchev–Trinajstić information content (AvgIpc) is 2.88. The molecule has 1 aromatic heterocycles. The van der Waals surface area contributed by atoms with E-state index in [1.54, 1.807) is 0 Å². The number of nitrogens with one attached hydrogen (secondary N) is 1. The molecule has 1 amide bonds. The third-order valence-corrected chi connectivity index (χ3v) is 4.74. The molecule has 0 radical (unpaired) electrons. The van der Waals surface area contributed by atoms with Gasteiger partial charge >= 0.3 is 0 Å². The maximum Gasteiger partial charge on any atom is 0.251 e. The summed E-state index contributed by atoms with van der Waals surface area (Å²) in [5.74, 6) is -0.0331. The molecule has 2 heterocycles. The first kappa shape index (κ1) is 17.6. The Balaban J connectivity index is 1.65. The first-order valence-electron chi connectivity index (χ1n) is 8.75. The van der Waals surface area contributed by atoms with Gasteiger partial charge in [0.1, 0.15) is 0 Å². The number of benzene rings is 1. The molecule has 1 saturated heterocycles. The molecule has 0 aliphatic carbocycles. The smallest absolute Gasteiger partial charge is 0.251 e. The average molecular weight is 342 g/mol. The number of nitrogens with zero attached hydrogens (tertiary/aromatic N) is 3. The predicted octanol–water partition coefficient (Wildman–Crippen LogP) is 1.77. The van der Waals surface area contributed by atoms with Crippen LogP contribution in [-0.2, 0) is 11.8 Å². The Labute approximate surface area is 148 Å². The van der Waals surface area contributed by atoms with Crippen molar-refractivity contribution < 1.29 is 9.53 Å². The van der Waals surface area contributed by atoms with Crippen LogP contribution in [0.15, 0.2) is 24.3 Å². The van der Waals surface area contributed by atoms with Crippen LogP contribution in [0.2, 0.25) is 0 Å². The molecule has 6 heteroatoms. The molecule has 0 bridgehead atoms. The normalized spacial score (nSPS) is 15.3. The molecule has 0 atom stereocenters. The molecule has 0 unspecified atom stereocenters. The topological polar surface area (TPSA) is 59.4 Å². The monoisotopic (exact) mass is 342 g/mol. The quantitative estimate of drug-likeness (QED) is 0.900. The molecular formula is C19H26N4O2. The first-order valence-corrected chi connectivity index (χ1v) is 8.75. The third kappa shape index (κ3) is 4.08. The second kappa shape index (κ2) is 7.80. The lowest BCUT2D eigenvalue weighted by atomic mass is 10.0. The maximum atomic E-state index is 12.5. The van der Waals surface area contributed by atoms with Gasteiger partial charge in [-0.05, 0) is 31.5 Å². The van der Waals surface area contributed by atoms with Crippen LogP contribution in [0.3, 0.4) is 0 Å². The standard InChI is InChI=1S/C19H26N4O2/c1-14-18(15(2)22(3)21-14)16-5-4-6-17(13-16)19(24)20-7-8-23-9-11-25-12-10-23/h4-6,13H,7-12H2,1-3H3,(H,20,24). The van der Waals surface area contributed by atoms with Gasteiger partial charge in [0.25, 0.3) is 5.91 Å². The van der Waals surface area contributed by atoms with Crippen molar-refractivity contribution in [3.05, 3.63) is 41.2 Å². The highest BCUT2D eigenvalue weighted by atomic mass is 16.5. The minimum Gasteiger partial charge on any atom is -0.379 e. The van der Waals surface area contributed by atoms with Gasteiger partial charge in [-0.15, -0.1) is 0 Å². The molecule has 3 rings (SSSR count). The highest BCUT2D eigenvalue weighted by Gasteiger charge is 2.14. The van der Waals surface area contributed by atoms with Gasteiger partial charge in [-0.25, -0.2) is 0 Å². The number of aromatic nitrogens is 2. The van der Waals surface area contributed by atoms with Gasteiger partial charge in [-0.3, -0.25) is 14.4 Å². The summed E-state index contributed by atoms with van der Waals surface area (Å²) in [6.45, 7) is 8.97. The summed E-state index contributed by atoms with van der Waals surface area (Å²) in [6, 6.07) is 7.76. The second-order valence-electron chi connectivity index (χ2n) is 6.46. The van der Waals surface area contributed by atoms with Crippen LogP contribution in [0, 0.1) is 13.8 Å². The van der Waals surface area contributed by atoms with Crippen molar-refractivity contribution in [1.82, 2.24) is 20.0 Å². The zero-order valence-electron chi connectivity index (χ0n) is 15.2. The lowest BCUT2D eigenvalue weighted by molar-refractivity contribution is 0.0383. The maximum absolute atomic E-state index is 12.5. The van der Waals surface area contributed by atoms with E-state index in [-0.39, 0.29) is 5.91 Å². The van der Waals surface area contributed by atoms with Gasteiger partial charge in [0, 0.05) is 50.0 Å². The SMILES string of the molecule is Cc1nn(C)c(C)c1-c1cccc(C(=O)NCCN2CCOCC2)c1. The lowest BCUT2D eigenvalue weighted by Crippen LogP contribution is -2.41. The minimum absolute atomic E-state index is 0.0331. The molecule has 6 nitrogen and oxygen atoms in total. The molecule has 0 spiro atoms. The molecule has 1 aliphatic heterocycles. The minimum atomic E-state index is -0.0331. The molecular weight excluding hydrogens is 316 g/mol. The van der Waals surface area contributed by atoms with E-state index in [9.17, 15) is 4.79 Å². The first-order chi connectivity index (χ1) is 12.1. The van der Waals surface area contributed by atoms with E-state index in [0.29, 0.717) is 12.1 Å². The lowest BCUT2D eigenvalue weighted by Gasteiger charge is -2.26. The number of aryl methyl sites for hydroxylation is 2. The molecule has 1 aliphatic rings. The Hall–Kier alpha value is -2.18. The number of carbonyl (C=O) groups excluding carboxylic acids is 1. The van der Waals surface area contributed by atoms with Crippen LogP contribution in [0.1, 0.15) is 21.7 Å². The van der Waals surface area contributed by atoms with Gasteiger partial charge < -0.3 is 10.1 Å². The largest absolute Gasteiger partial charge is 0.379 e. The van der Waals surface area contributed by atoms with Gasteiger partial charge in [-0.2, -0.15) is 5.10 Å². The Bertz CT molecular complexity index is 748. The fourth-order valence-electron chi connectivity index (χ4n) is 3.26. The van der Waals surface area contributed by atoms with Crippen molar-refractivity contribution in [2.24, 2.45) is 7.05 Å². The van der Waals surface area contributed by atoms with Gasteiger partial charge in [0.2, 0.25) is 0 Å². The van der Waals surface area contributed by atoms with Crippen molar-refractivity contribution in [2.45, 2.75) is 13.8 Å². The summed E-state index contributed by atoms with van der Waals surface area (Å²) in [5, 5.41) is 7.48. The Morgan fingerprint density at radius 2 is 2.04 bits per heavy atom. The van der Waals surface area contributed by atoms with Gasteiger partial charge in [-0.1, -0.05) is 12.1 Å². The third-order valence-electron chi connectivity index (χ3n) is 4.74. The fraction of sp³-hybridized carbons (Fsp3) is 0.474. The number of hydrogen-bond donors (Lipinski definition) is 1. The van der Waals surface area contributed by atoms with Crippen LogP contribution >= 0.6 is 0 Å². The Morgan fingerprint density at radius 3 is 2.72 bits per heavy atom. The molecule has 1 fully saturated rings. The number of morpholine rings is 1. The van der Waals surface area contributed by atoms with E-state index in [1.165, 1.54) is 0 Å². The number of ether oxygens (including phenoxy) is 1. The van der Waals surface area contributed by atoms with Crippen LogP contribution in [0.5, 0.6) is 0 Å². The number of hydrogen-bond acceptors (Lipinski definition) is 4. The summed E-state index contributed by atoms with van der Waals surface area (Å²) < 4.78 is 7.21. The Kier molecular flexibility index (Phi) is 5.50. The molecule has 1 aromatic carbocycles. The predicted molar refractivity (Wildman–Crippen MR) is 97.7 cm³/mol. The Morgan fingerprint density at radius 1 is 1.28 bits per heavy atom. The van der Waals surface area contributed by atoms with E-state index >= 15 is 0 Å². The van der Waals surface area contributed by atoms with E-state index in [4.69, 9.17) is 4.74 Å². The summed E-state index contributed by atoms with van der Waals surface area (Å²) in [4.78, 5) is 14.8. The highest BCUT2D eigenvalue weighted by molar-refractivity contribution is 5.95. The number of rotatable bonds is 5. The summed E-state index contributed by atoms with van der Waals surface area (Å²) >= 11 is 0. The van der Waals surface area contributed by atoms with Crippen molar-refractivity contribution in [3.8, 4) is 11.1 Å². The van der Waals surface area contributed by atoms with Crippen LogP contribution in [0.4, 0.5) is 0 Å². The van der Waals surface area contributed by atoms with Crippen molar-refractivity contribution in [2.75, 3.05) is 39.4 Å². The van der Waals surface area contributed by atoms with Crippen LogP contribution in [0.25, 0.3) is 11.1 Å². The molecule has 2 aromatic rings.